The Morgan fingerprint density at radius 3 is 2.92 bits per heavy atom. The summed E-state index contributed by atoms with van der Waals surface area (Å²) < 4.78 is 13.6. The van der Waals surface area contributed by atoms with Crippen LogP contribution in [0.3, 0.4) is 0 Å². The van der Waals surface area contributed by atoms with E-state index in [1.165, 1.54) is 0 Å². The minimum Gasteiger partial charge on any atom is -0.474 e. The standard InChI is InChI=1S/C19H19N3O2/c1-3-6-13(2)23-19-10-9-18-20-12-15(22(18)21-19)17-11-14-7-4-5-8-16(14)24-17/h4-5,7-13H,3,6H2,1-2H3. The Kier molecular flexibility index (Phi) is 3.69. The van der Waals surface area contributed by atoms with Crippen LogP contribution in [0.15, 0.2) is 53.1 Å². The first-order chi connectivity index (χ1) is 11.7. The SMILES string of the molecule is CCCC(C)Oc1ccc2ncc(-c3cc4ccccc4o3)n2n1. The van der Waals surface area contributed by atoms with Gasteiger partial charge in [0.15, 0.2) is 11.4 Å². The van der Waals surface area contributed by atoms with Crippen LogP contribution in [0.5, 0.6) is 5.88 Å². The van der Waals surface area contributed by atoms with Crippen LogP contribution in [0.1, 0.15) is 26.7 Å². The summed E-state index contributed by atoms with van der Waals surface area (Å²) in [6.45, 7) is 4.20. The maximum atomic E-state index is 5.94. The number of hydrogen-bond acceptors (Lipinski definition) is 4. The molecular weight excluding hydrogens is 302 g/mol. The second-order valence-electron chi connectivity index (χ2n) is 5.95. The maximum absolute atomic E-state index is 5.94. The molecule has 1 unspecified atom stereocenters. The zero-order chi connectivity index (χ0) is 16.5. The van der Waals surface area contributed by atoms with Crippen LogP contribution in [-0.4, -0.2) is 20.7 Å². The summed E-state index contributed by atoms with van der Waals surface area (Å²) in [7, 11) is 0. The van der Waals surface area contributed by atoms with E-state index >= 15 is 0 Å². The van der Waals surface area contributed by atoms with Gasteiger partial charge in [0, 0.05) is 11.5 Å². The van der Waals surface area contributed by atoms with Gasteiger partial charge in [-0.2, -0.15) is 0 Å². The van der Waals surface area contributed by atoms with Crippen molar-refractivity contribution in [3.05, 3.63) is 48.7 Å². The van der Waals surface area contributed by atoms with Gasteiger partial charge in [-0.25, -0.2) is 9.50 Å². The summed E-state index contributed by atoms with van der Waals surface area (Å²) in [5.41, 5.74) is 2.43. The number of para-hydroxylation sites is 1. The quantitative estimate of drug-likeness (QED) is 0.534. The predicted molar refractivity (Wildman–Crippen MR) is 93.2 cm³/mol. The van der Waals surface area contributed by atoms with Crippen LogP contribution in [0.25, 0.3) is 28.1 Å². The lowest BCUT2D eigenvalue weighted by Gasteiger charge is -2.12. The van der Waals surface area contributed by atoms with Crippen LogP contribution in [0.4, 0.5) is 0 Å². The minimum atomic E-state index is 0.137. The van der Waals surface area contributed by atoms with E-state index in [0.717, 1.165) is 40.9 Å². The minimum absolute atomic E-state index is 0.137. The molecule has 5 nitrogen and oxygen atoms in total. The second kappa shape index (κ2) is 6.00. The van der Waals surface area contributed by atoms with Crippen molar-refractivity contribution < 1.29 is 9.15 Å². The second-order valence-corrected chi connectivity index (χ2v) is 5.95. The van der Waals surface area contributed by atoms with Gasteiger partial charge in [0.05, 0.1) is 12.3 Å². The van der Waals surface area contributed by atoms with E-state index in [0.29, 0.717) is 5.88 Å². The Morgan fingerprint density at radius 1 is 1.21 bits per heavy atom. The molecule has 1 aromatic carbocycles. The summed E-state index contributed by atoms with van der Waals surface area (Å²) in [6.07, 6.45) is 4.00. The average Bonchev–Trinajstić information content (AvgIpc) is 3.18. The molecule has 3 heterocycles. The monoisotopic (exact) mass is 321 g/mol. The van der Waals surface area contributed by atoms with Crippen molar-refractivity contribution in [3.8, 4) is 17.3 Å². The molecule has 0 spiro atoms. The lowest BCUT2D eigenvalue weighted by atomic mass is 10.2. The number of hydrogen-bond donors (Lipinski definition) is 0. The van der Waals surface area contributed by atoms with Crippen molar-refractivity contribution in [1.29, 1.82) is 0 Å². The van der Waals surface area contributed by atoms with Crippen LogP contribution >= 0.6 is 0 Å². The van der Waals surface area contributed by atoms with Crippen LogP contribution in [-0.2, 0) is 0 Å². The zero-order valence-electron chi connectivity index (χ0n) is 13.8. The first-order valence-electron chi connectivity index (χ1n) is 8.25. The molecule has 0 radical (unpaired) electrons. The first kappa shape index (κ1) is 14.8. The van der Waals surface area contributed by atoms with E-state index in [9.17, 15) is 0 Å². The Balaban J connectivity index is 1.75. The molecule has 0 fully saturated rings. The fourth-order valence-electron chi connectivity index (χ4n) is 2.87. The van der Waals surface area contributed by atoms with Gasteiger partial charge >= 0.3 is 0 Å². The third-order valence-corrected chi connectivity index (χ3v) is 4.03. The number of aromatic nitrogens is 3. The predicted octanol–water partition coefficient (Wildman–Crippen LogP) is 4.71. The van der Waals surface area contributed by atoms with Crippen LogP contribution in [0, 0.1) is 0 Å². The highest BCUT2D eigenvalue weighted by Gasteiger charge is 2.13. The van der Waals surface area contributed by atoms with E-state index < -0.39 is 0 Å². The summed E-state index contributed by atoms with van der Waals surface area (Å²) >= 11 is 0. The smallest absolute Gasteiger partial charge is 0.232 e. The number of benzene rings is 1. The molecule has 24 heavy (non-hydrogen) atoms. The fourth-order valence-corrected chi connectivity index (χ4v) is 2.87. The van der Waals surface area contributed by atoms with Gasteiger partial charge in [0.25, 0.3) is 0 Å². The summed E-state index contributed by atoms with van der Waals surface area (Å²) in [4.78, 5) is 4.41. The van der Waals surface area contributed by atoms with E-state index in [2.05, 4.69) is 23.9 Å². The van der Waals surface area contributed by atoms with E-state index in [1.54, 1.807) is 10.7 Å². The van der Waals surface area contributed by atoms with Gasteiger partial charge < -0.3 is 9.15 Å². The molecule has 4 rings (SSSR count). The van der Waals surface area contributed by atoms with Crippen molar-refractivity contribution in [2.45, 2.75) is 32.8 Å². The molecule has 0 bridgehead atoms. The number of fused-ring (bicyclic) bond motifs is 2. The van der Waals surface area contributed by atoms with E-state index in [1.807, 2.05) is 42.5 Å². The van der Waals surface area contributed by atoms with Crippen LogP contribution < -0.4 is 4.74 Å². The molecule has 0 aliphatic carbocycles. The van der Waals surface area contributed by atoms with Crippen molar-refractivity contribution in [1.82, 2.24) is 14.6 Å². The van der Waals surface area contributed by atoms with E-state index in [4.69, 9.17) is 9.15 Å². The topological polar surface area (TPSA) is 52.6 Å². The molecule has 0 amide bonds. The molecule has 5 heteroatoms. The maximum Gasteiger partial charge on any atom is 0.232 e. The lowest BCUT2D eigenvalue weighted by molar-refractivity contribution is 0.199. The number of nitrogens with zero attached hydrogens (tertiary/aromatic N) is 3. The Morgan fingerprint density at radius 2 is 2.08 bits per heavy atom. The van der Waals surface area contributed by atoms with E-state index in [-0.39, 0.29) is 6.10 Å². The fraction of sp³-hybridized carbons (Fsp3) is 0.263. The molecule has 0 saturated heterocycles. The molecule has 0 saturated carbocycles. The number of rotatable bonds is 5. The molecule has 0 aliphatic heterocycles. The van der Waals surface area contributed by atoms with Gasteiger partial charge in [0.1, 0.15) is 11.3 Å². The average molecular weight is 321 g/mol. The molecule has 0 N–H and O–H groups in total. The lowest BCUT2D eigenvalue weighted by Crippen LogP contribution is -2.12. The molecule has 3 aromatic heterocycles. The number of ether oxygens (including phenoxy) is 1. The third kappa shape index (κ3) is 2.62. The molecular formula is C19H19N3O2. The number of imidazole rings is 1. The Labute approximate surface area is 139 Å². The Hall–Kier alpha value is -2.82. The molecule has 122 valence electrons. The highest BCUT2D eigenvalue weighted by Crippen LogP contribution is 2.28. The highest BCUT2D eigenvalue weighted by molar-refractivity contribution is 5.82. The van der Waals surface area contributed by atoms with Gasteiger partial charge in [-0.3, -0.25) is 0 Å². The largest absolute Gasteiger partial charge is 0.474 e. The van der Waals surface area contributed by atoms with Gasteiger partial charge in [-0.05, 0) is 31.5 Å². The molecule has 4 aromatic rings. The normalized spacial score (nSPS) is 12.8. The van der Waals surface area contributed by atoms with Gasteiger partial charge in [0.2, 0.25) is 5.88 Å². The van der Waals surface area contributed by atoms with Crippen molar-refractivity contribution in [3.63, 3.8) is 0 Å². The highest BCUT2D eigenvalue weighted by atomic mass is 16.5. The first-order valence-corrected chi connectivity index (χ1v) is 8.25. The summed E-state index contributed by atoms with van der Waals surface area (Å²) in [6, 6.07) is 13.7. The van der Waals surface area contributed by atoms with Crippen molar-refractivity contribution in [2.24, 2.45) is 0 Å². The third-order valence-electron chi connectivity index (χ3n) is 4.03. The van der Waals surface area contributed by atoms with Gasteiger partial charge in [-0.1, -0.05) is 31.5 Å². The zero-order valence-corrected chi connectivity index (χ0v) is 13.8. The Bertz CT molecular complexity index is 954. The van der Waals surface area contributed by atoms with Crippen LogP contribution in [0.2, 0.25) is 0 Å². The molecule has 0 aliphatic rings. The summed E-state index contributed by atoms with van der Waals surface area (Å²) in [5.74, 6) is 1.34. The summed E-state index contributed by atoms with van der Waals surface area (Å²) in [5, 5.41) is 5.64. The van der Waals surface area contributed by atoms with Gasteiger partial charge in [-0.15, -0.1) is 5.10 Å². The van der Waals surface area contributed by atoms with Crippen molar-refractivity contribution >= 4 is 16.6 Å². The molecule has 1 atom stereocenters. The number of furan rings is 1. The van der Waals surface area contributed by atoms with Crippen molar-refractivity contribution in [2.75, 3.05) is 0 Å².